The third-order valence-corrected chi connectivity index (χ3v) is 13.3. The first-order valence-corrected chi connectivity index (χ1v) is 30.2. The fourth-order valence-electron chi connectivity index (χ4n) is 8.88. The lowest BCUT2D eigenvalue weighted by molar-refractivity contribution is -0.163. The summed E-state index contributed by atoms with van der Waals surface area (Å²) in [4.78, 5) is 25.6. The summed E-state index contributed by atoms with van der Waals surface area (Å²) in [5, 5.41) is 0. The standard InChI is InChI=1S/C63H116O5/c1-4-7-10-13-16-19-22-25-28-30-32-33-36-38-41-44-47-50-53-56-62(64)67-60-61(68-63(65)57-54-51-48-45-42-39-35-27-24-21-18-15-12-9-6-3)59-66-58-55-52-49-46-43-40-37-34-31-29-26-23-20-17-14-11-8-5-2/h8,11,17,20,26-27,29,35,61H,4-7,9-10,12-16,18-19,21-25,28,30-34,36-60H2,1-3H3/b11-8-,20-17-,29-26-,35-27-. The molecule has 0 aliphatic carbocycles. The number of unbranched alkanes of at least 4 members (excludes halogenated alkanes) is 37. The Bertz CT molecular complexity index is 1120. The minimum Gasteiger partial charge on any atom is -0.462 e. The second-order valence-corrected chi connectivity index (χ2v) is 20.2. The number of carbonyl (C=O) groups is 2. The van der Waals surface area contributed by atoms with Crippen LogP contribution in [0.1, 0.15) is 316 Å². The molecule has 0 saturated heterocycles. The highest BCUT2D eigenvalue weighted by Gasteiger charge is 2.17. The van der Waals surface area contributed by atoms with Gasteiger partial charge in [0.25, 0.3) is 0 Å². The minimum atomic E-state index is -0.543. The SMILES string of the molecule is CC/C=C\C/C=C\C/C=C\CCCCCCCCCCOCC(COC(=O)CCCCCCCCCCCCCCCCCCCCC)OC(=O)CCCCCCC/C=C\CCCCCCCC. The summed E-state index contributed by atoms with van der Waals surface area (Å²) < 4.78 is 17.5. The third-order valence-electron chi connectivity index (χ3n) is 13.3. The van der Waals surface area contributed by atoms with Crippen molar-refractivity contribution in [3.8, 4) is 0 Å². The van der Waals surface area contributed by atoms with Gasteiger partial charge in [-0.15, -0.1) is 0 Å². The van der Waals surface area contributed by atoms with Crippen LogP contribution in [0.5, 0.6) is 0 Å². The highest BCUT2D eigenvalue weighted by molar-refractivity contribution is 5.70. The predicted molar refractivity (Wildman–Crippen MR) is 298 cm³/mol. The molecule has 0 heterocycles. The van der Waals surface area contributed by atoms with Gasteiger partial charge in [-0.05, 0) is 77.0 Å². The number of allylic oxidation sites excluding steroid dienone is 8. The Balaban J connectivity index is 4.24. The van der Waals surface area contributed by atoms with Gasteiger partial charge < -0.3 is 14.2 Å². The molecular formula is C63H116O5. The van der Waals surface area contributed by atoms with Crippen molar-refractivity contribution in [3.05, 3.63) is 48.6 Å². The lowest BCUT2D eigenvalue weighted by atomic mass is 10.0. The van der Waals surface area contributed by atoms with Crippen molar-refractivity contribution >= 4 is 11.9 Å². The van der Waals surface area contributed by atoms with E-state index >= 15 is 0 Å². The average Bonchev–Trinajstić information content (AvgIpc) is 3.34. The molecule has 0 N–H and O–H groups in total. The molecule has 1 unspecified atom stereocenters. The van der Waals surface area contributed by atoms with Gasteiger partial charge in [-0.3, -0.25) is 9.59 Å². The Hall–Kier alpha value is -2.14. The number of hydrogen-bond donors (Lipinski definition) is 0. The molecule has 0 aromatic rings. The van der Waals surface area contributed by atoms with Gasteiger partial charge in [0.2, 0.25) is 0 Å². The molecule has 0 saturated carbocycles. The van der Waals surface area contributed by atoms with Crippen molar-refractivity contribution in [2.75, 3.05) is 19.8 Å². The van der Waals surface area contributed by atoms with Gasteiger partial charge in [0.05, 0.1) is 6.61 Å². The van der Waals surface area contributed by atoms with E-state index in [-0.39, 0.29) is 25.2 Å². The van der Waals surface area contributed by atoms with E-state index in [0.29, 0.717) is 19.4 Å². The van der Waals surface area contributed by atoms with Crippen molar-refractivity contribution in [2.45, 2.75) is 322 Å². The fourth-order valence-corrected chi connectivity index (χ4v) is 8.88. The molecule has 0 radical (unpaired) electrons. The lowest BCUT2D eigenvalue weighted by Gasteiger charge is -2.18. The second kappa shape index (κ2) is 59.2. The number of carbonyl (C=O) groups excluding carboxylic acids is 2. The van der Waals surface area contributed by atoms with Crippen molar-refractivity contribution in [3.63, 3.8) is 0 Å². The summed E-state index contributed by atoms with van der Waals surface area (Å²) in [5.74, 6) is -0.393. The van der Waals surface area contributed by atoms with Crippen molar-refractivity contribution < 1.29 is 23.8 Å². The molecule has 0 rings (SSSR count). The minimum absolute atomic E-state index is 0.0832. The zero-order valence-electron chi connectivity index (χ0n) is 45.9. The van der Waals surface area contributed by atoms with Crippen LogP contribution in [0.3, 0.4) is 0 Å². The first-order chi connectivity index (χ1) is 33.6. The monoisotopic (exact) mass is 953 g/mol. The molecule has 0 fully saturated rings. The maximum atomic E-state index is 12.9. The highest BCUT2D eigenvalue weighted by Crippen LogP contribution is 2.17. The number of hydrogen-bond acceptors (Lipinski definition) is 5. The van der Waals surface area contributed by atoms with Crippen LogP contribution in [0, 0.1) is 0 Å². The zero-order valence-corrected chi connectivity index (χ0v) is 45.9. The Labute approximate surface area is 424 Å². The van der Waals surface area contributed by atoms with Gasteiger partial charge in [0.15, 0.2) is 6.10 Å². The van der Waals surface area contributed by atoms with Crippen LogP contribution < -0.4 is 0 Å². The maximum absolute atomic E-state index is 12.9. The normalized spacial score (nSPS) is 12.5. The summed E-state index contributed by atoms with van der Waals surface area (Å²) in [6.07, 6.45) is 74.2. The summed E-state index contributed by atoms with van der Waals surface area (Å²) in [6, 6.07) is 0. The van der Waals surface area contributed by atoms with E-state index in [2.05, 4.69) is 69.4 Å². The van der Waals surface area contributed by atoms with Gasteiger partial charge in [-0.2, -0.15) is 0 Å². The lowest BCUT2D eigenvalue weighted by Crippen LogP contribution is -2.30. The van der Waals surface area contributed by atoms with Crippen molar-refractivity contribution in [1.29, 1.82) is 0 Å². The molecule has 5 heteroatoms. The Kier molecular flexibility index (Phi) is 57.3. The van der Waals surface area contributed by atoms with Crippen LogP contribution in [-0.4, -0.2) is 37.9 Å². The number of ether oxygens (including phenoxy) is 3. The summed E-state index contributed by atoms with van der Waals surface area (Å²) in [7, 11) is 0. The van der Waals surface area contributed by atoms with E-state index in [0.717, 1.165) is 70.6 Å². The highest BCUT2D eigenvalue weighted by atomic mass is 16.6. The van der Waals surface area contributed by atoms with E-state index in [1.54, 1.807) is 0 Å². The van der Waals surface area contributed by atoms with Gasteiger partial charge in [0.1, 0.15) is 6.61 Å². The maximum Gasteiger partial charge on any atom is 0.306 e. The predicted octanol–water partition coefficient (Wildman–Crippen LogP) is 20.7. The molecule has 0 aromatic heterocycles. The van der Waals surface area contributed by atoms with Gasteiger partial charge in [-0.1, -0.05) is 275 Å². The zero-order chi connectivity index (χ0) is 49.2. The Morgan fingerprint density at radius 1 is 0.338 bits per heavy atom. The van der Waals surface area contributed by atoms with E-state index in [1.807, 2.05) is 0 Å². The van der Waals surface area contributed by atoms with Gasteiger partial charge in [-0.25, -0.2) is 0 Å². The van der Waals surface area contributed by atoms with Crippen molar-refractivity contribution in [2.24, 2.45) is 0 Å². The molecule has 0 aliphatic rings. The fraction of sp³-hybridized carbons (Fsp3) is 0.841. The van der Waals surface area contributed by atoms with Crippen LogP contribution in [0.15, 0.2) is 48.6 Å². The molecule has 0 spiro atoms. The molecule has 0 bridgehead atoms. The topological polar surface area (TPSA) is 61.8 Å². The smallest absolute Gasteiger partial charge is 0.306 e. The van der Waals surface area contributed by atoms with Crippen LogP contribution >= 0.6 is 0 Å². The summed E-state index contributed by atoms with van der Waals surface area (Å²) >= 11 is 0. The van der Waals surface area contributed by atoms with E-state index in [4.69, 9.17) is 14.2 Å². The van der Waals surface area contributed by atoms with Crippen molar-refractivity contribution in [1.82, 2.24) is 0 Å². The largest absolute Gasteiger partial charge is 0.462 e. The number of rotatable bonds is 56. The number of esters is 2. The van der Waals surface area contributed by atoms with Crippen LogP contribution in [-0.2, 0) is 23.8 Å². The van der Waals surface area contributed by atoms with E-state index < -0.39 is 6.10 Å². The summed E-state index contributed by atoms with van der Waals surface area (Å²) in [5.41, 5.74) is 0. The molecule has 0 aliphatic heterocycles. The molecule has 0 aromatic carbocycles. The first-order valence-electron chi connectivity index (χ1n) is 30.2. The third kappa shape index (κ3) is 56.4. The average molecular weight is 954 g/mol. The Morgan fingerprint density at radius 2 is 0.662 bits per heavy atom. The van der Waals surface area contributed by atoms with E-state index in [1.165, 1.54) is 212 Å². The molecule has 68 heavy (non-hydrogen) atoms. The summed E-state index contributed by atoms with van der Waals surface area (Å²) in [6.45, 7) is 7.75. The Morgan fingerprint density at radius 3 is 1.07 bits per heavy atom. The second-order valence-electron chi connectivity index (χ2n) is 20.2. The first kappa shape index (κ1) is 65.9. The van der Waals surface area contributed by atoms with Crippen LogP contribution in [0.25, 0.3) is 0 Å². The van der Waals surface area contributed by atoms with Crippen LogP contribution in [0.2, 0.25) is 0 Å². The quantitative estimate of drug-likeness (QED) is 0.0345. The molecule has 0 amide bonds. The molecule has 1 atom stereocenters. The molecule has 398 valence electrons. The molecular weight excluding hydrogens is 837 g/mol. The van der Waals surface area contributed by atoms with Gasteiger partial charge >= 0.3 is 11.9 Å². The van der Waals surface area contributed by atoms with E-state index in [9.17, 15) is 9.59 Å². The molecule has 5 nitrogen and oxygen atoms in total. The van der Waals surface area contributed by atoms with Crippen LogP contribution in [0.4, 0.5) is 0 Å². The van der Waals surface area contributed by atoms with Gasteiger partial charge in [0, 0.05) is 19.4 Å².